The van der Waals surface area contributed by atoms with Crippen molar-refractivity contribution < 1.29 is 14.3 Å². The second-order valence-corrected chi connectivity index (χ2v) is 5.49. The highest BCUT2D eigenvalue weighted by molar-refractivity contribution is 6.31. The fourth-order valence-electron chi connectivity index (χ4n) is 2.29. The number of amides is 2. The van der Waals surface area contributed by atoms with Crippen LogP contribution in [0.4, 0.5) is 4.79 Å². The number of hydrogen-bond acceptors (Lipinski definition) is 3. The van der Waals surface area contributed by atoms with Crippen LogP contribution in [0, 0.1) is 0 Å². The molecule has 0 radical (unpaired) electrons. The SMILES string of the molecule is CCCCOC(=O)C1=C(C)NC(=O)N[C@@H]1c1ccccc1Cl. The quantitative estimate of drug-likeness (QED) is 0.645. The number of nitrogens with one attached hydrogen (secondary N) is 2. The lowest BCUT2D eigenvalue weighted by Crippen LogP contribution is -2.45. The van der Waals surface area contributed by atoms with Gasteiger partial charge in [0.1, 0.15) is 0 Å². The number of esters is 1. The molecule has 1 aliphatic heterocycles. The van der Waals surface area contributed by atoms with Crippen molar-refractivity contribution in [2.24, 2.45) is 0 Å². The Morgan fingerprint density at radius 1 is 1.36 bits per heavy atom. The topological polar surface area (TPSA) is 67.4 Å². The average Bonchev–Trinajstić information content (AvgIpc) is 2.47. The van der Waals surface area contributed by atoms with E-state index in [0.717, 1.165) is 12.8 Å². The molecule has 1 aliphatic rings. The summed E-state index contributed by atoms with van der Waals surface area (Å²) >= 11 is 6.20. The zero-order valence-corrected chi connectivity index (χ0v) is 13.4. The van der Waals surface area contributed by atoms with Crippen LogP contribution in [-0.4, -0.2) is 18.6 Å². The minimum atomic E-state index is -0.614. The van der Waals surface area contributed by atoms with Crippen LogP contribution in [0.1, 0.15) is 38.3 Å². The van der Waals surface area contributed by atoms with Crippen molar-refractivity contribution in [3.8, 4) is 0 Å². The Hall–Kier alpha value is -2.01. The van der Waals surface area contributed by atoms with E-state index in [1.165, 1.54) is 0 Å². The van der Waals surface area contributed by atoms with Crippen molar-refractivity contribution >= 4 is 23.6 Å². The second-order valence-electron chi connectivity index (χ2n) is 5.08. The van der Waals surface area contributed by atoms with Crippen LogP contribution in [0.5, 0.6) is 0 Å². The van der Waals surface area contributed by atoms with Crippen molar-refractivity contribution in [1.29, 1.82) is 0 Å². The average molecular weight is 323 g/mol. The van der Waals surface area contributed by atoms with Crippen molar-refractivity contribution in [2.45, 2.75) is 32.7 Å². The fourth-order valence-corrected chi connectivity index (χ4v) is 2.54. The van der Waals surface area contributed by atoms with Crippen LogP contribution in [0.25, 0.3) is 0 Å². The Bertz CT molecular complexity index is 613. The maximum absolute atomic E-state index is 12.4. The second kappa shape index (κ2) is 7.31. The van der Waals surface area contributed by atoms with Gasteiger partial charge in [-0.15, -0.1) is 0 Å². The Labute approximate surface area is 134 Å². The first-order valence-corrected chi connectivity index (χ1v) is 7.62. The van der Waals surface area contributed by atoms with Crippen LogP contribution < -0.4 is 10.6 Å². The van der Waals surface area contributed by atoms with Gasteiger partial charge in [-0.05, 0) is 25.0 Å². The van der Waals surface area contributed by atoms with E-state index in [4.69, 9.17) is 16.3 Å². The number of carbonyl (C=O) groups is 2. The molecule has 0 unspecified atom stereocenters. The molecule has 0 bridgehead atoms. The maximum atomic E-state index is 12.4. The predicted molar refractivity (Wildman–Crippen MR) is 84.4 cm³/mol. The third-order valence-corrected chi connectivity index (χ3v) is 3.78. The molecule has 0 fully saturated rings. The van der Waals surface area contributed by atoms with Gasteiger partial charge in [0, 0.05) is 10.7 Å². The zero-order chi connectivity index (χ0) is 16.1. The van der Waals surface area contributed by atoms with Gasteiger partial charge in [-0.3, -0.25) is 0 Å². The minimum Gasteiger partial charge on any atom is -0.462 e. The van der Waals surface area contributed by atoms with Crippen LogP contribution in [0.15, 0.2) is 35.5 Å². The largest absolute Gasteiger partial charge is 0.462 e. The number of ether oxygens (including phenoxy) is 1. The Balaban J connectivity index is 2.33. The van der Waals surface area contributed by atoms with E-state index in [-0.39, 0.29) is 6.03 Å². The lowest BCUT2D eigenvalue weighted by atomic mass is 9.95. The van der Waals surface area contributed by atoms with Gasteiger partial charge in [0.05, 0.1) is 18.2 Å². The molecule has 0 saturated heterocycles. The van der Waals surface area contributed by atoms with Gasteiger partial charge in [0.2, 0.25) is 0 Å². The summed E-state index contributed by atoms with van der Waals surface area (Å²) in [5, 5.41) is 5.82. The van der Waals surface area contributed by atoms with Gasteiger partial charge in [-0.1, -0.05) is 43.1 Å². The van der Waals surface area contributed by atoms with E-state index in [2.05, 4.69) is 10.6 Å². The number of halogens is 1. The summed E-state index contributed by atoms with van der Waals surface area (Å²) in [6.45, 7) is 4.06. The molecule has 0 spiro atoms. The molecule has 5 nitrogen and oxygen atoms in total. The molecule has 118 valence electrons. The first kappa shape index (κ1) is 16.4. The molecular weight excluding hydrogens is 304 g/mol. The summed E-state index contributed by atoms with van der Waals surface area (Å²) in [6.07, 6.45) is 1.74. The van der Waals surface area contributed by atoms with Crippen molar-refractivity contribution in [3.05, 3.63) is 46.1 Å². The summed E-state index contributed by atoms with van der Waals surface area (Å²) < 4.78 is 5.29. The molecule has 1 aromatic rings. The molecule has 0 aliphatic carbocycles. The van der Waals surface area contributed by atoms with Gasteiger partial charge in [-0.25, -0.2) is 9.59 Å². The summed E-state index contributed by atoms with van der Waals surface area (Å²) in [5.74, 6) is -0.441. The highest BCUT2D eigenvalue weighted by Gasteiger charge is 2.33. The first-order chi connectivity index (χ1) is 10.5. The lowest BCUT2D eigenvalue weighted by molar-refractivity contribution is -0.139. The minimum absolute atomic E-state index is 0.356. The molecular formula is C16H19ClN2O3. The number of carbonyl (C=O) groups excluding carboxylic acids is 2. The van der Waals surface area contributed by atoms with Gasteiger partial charge in [-0.2, -0.15) is 0 Å². The van der Waals surface area contributed by atoms with Crippen molar-refractivity contribution in [2.75, 3.05) is 6.61 Å². The predicted octanol–water partition coefficient (Wildman–Crippen LogP) is 3.31. The molecule has 2 rings (SSSR count). The summed E-state index contributed by atoms with van der Waals surface area (Å²) in [5.41, 5.74) is 1.53. The van der Waals surface area contributed by atoms with Crippen molar-refractivity contribution in [1.82, 2.24) is 10.6 Å². The highest BCUT2D eigenvalue weighted by atomic mass is 35.5. The zero-order valence-electron chi connectivity index (χ0n) is 12.6. The van der Waals surface area contributed by atoms with E-state index >= 15 is 0 Å². The number of benzene rings is 1. The molecule has 1 aromatic carbocycles. The van der Waals surface area contributed by atoms with Crippen molar-refractivity contribution in [3.63, 3.8) is 0 Å². The number of allylic oxidation sites excluding steroid dienone is 1. The molecule has 0 aromatic heterocycles. The van der Waals surface area contributed by atoms with E-state index in [0.29, 0.717) is 28.5 Å². The van der Waals surface area contributed by atoms with Crippen LogP contribution in [-0.2, 0) is 9.53 Å². The van der Waals surface area contributed by atoms with E-state index in [9.17, 15) is 9.59 Å². The third kappa shape index (κ3) is 3.60. The number of urea groups is 1. The molecule has 2 amide bonds. The van der Waals surface area contributed by atoms with Gasteiger partial charge < -0.3 is 15.4 Å². The van der Waals surface area contributed by atoms with Gasteiger partial charge in [0.25, 0.3) is 0 Å². The fraction of sp³-hybridized carbons (Fsp3) is 0.375. The number of rotatable bonds is 5. The Morgan fingerprint density at radius 2 is 2.09 bits per heavy atom. The van der Waals surface area contributed by atoms with E-state index in [1.807, 2.05) is 13.0 Å². The summed E-state index contributed by atoms with van der Waals surface area (Å²) in [7, 11) is 0. The molecule has 0 saturated carbocycles. The lowest BCUT2D eigenvalue weighted by Gasteiger charge is -2.28. The normalized spacial score (nSPS) is 17.8. The Morgan fingerprint density at radius 3 is 2.77 bits per heavy atom. The van der Waals surface area contributed by atoms with Gasteiger partial charge in [0.15, 0.2) is 0 Å². The molecule has 6 heteroatoms. The summed E-state index contributed by atoms with van der Waals surface area (Å²) in [6, 6.07) is 6.13. The first-order valence-electron chi connectivity index (χ1n) is 7.24. The number of hydrogen-bond donors (Lipinski definition) is 2. The maximum Gasteiger partial charge on any atom is 0.338 e. The number of unbranched alkanes of at least 4 members (excludes halogenated alkanes) is 1. The third-order valence-electron chi connectivity index (χ3n) is 3.44. The van der Waals surface area contributed by atoms with Crippen LogP contribution in [0.3, 0.4) is 0 Å². The van der Waals surface area contributed by atoms with Gasteiger partial charge >= 0.3 is 12.0 Å². The molecule has 1 atom stereocenters. The molecule has 22 heavy (non-hydrogen) atoms. The van der Waals surface area contributed by atoms with E-state index in [1.54, 1.807) is 25.1 Å². The standard InChI is InChI=1S/C16H19ClN2O3/c1-3-4-9-22-15(20)13-10(2)18-16(21)19-14(13)11-7-5-6-8-12(11)17/h5-8,14H,3-4,9H2,1-2H3,(H2,18,19,21)/t14-/m1/s1. The molecule has 2 N–H and O–H groups in total. The highest BCUT2D eigenvalue weighted by Crippen LogP contribution is 2.31. The smallest absolute Gasteiger partial charge is 0.338 e. The van der Waals surface area contributed by atoms with E-state index < -0.39 is 12.0 Å². The summed E-state index contributed by atoms with van der Waals surface area (Å²) in [4.78, 5) is 24.1. The Kier molecular flexibility index (Phi) is 5.44. The van der Waals surface area contributed by atoms with Crippen LogP contribution >= 0.6 is 11.6 Å². The molecule has 1 heterocycles. The van der Waals surface area contributed by atoms with Crippen LogP contribution in [0.2, 0.25) is 5.02 Å². The monoisotopic (exact) mass is 322 g/mol.